The fraction of sp³-hybridized carbons (Fsp3) is 0.125. The van der Waals surface area contributed by atoms with Gasteiger partial charge in [-0.2, -0.15) is 0 Å². The van der Waals surface area contributed by atoms with Crippen LogP contribution in [0.15, 0.2) is 50.2 Å². The first-order valence-corrected chi connectivity index (χ1v) is 6.52. The van der Waals surface area contributed by atoms with E-state index in [9.17, 15) is 14.7 Å². The number of rotatable bonds is 3. The van der Waals surface area contributed by atoms with Gasteiger partial charge in [0, 0.05) is 6.07 Å². The van der Waals surface area contributed by atoms with Crippen molar-refractivity contribution in [3.63, 3.8) is 0 Å². The van der Waals surface area contributed by atoms with Gasteiger partial charge in [-0.05, 0) is 31.2 Å². The fourth-order valence-corrected chi connectivity index (χ4v) is 2.13. The molecule has 0 atom stereocenters. The average molecular weight is 300 g/mol. The molecule has 0 aliphatic heterocycles. The number of ether oxygens (including phenoxy) is 1. The van der Waals surface area contributed by atoms with Crippen LogP contribution >= 0.6 is 0 Å². The third-order valence-electron chi connectivity index (χ3n) is 3.18. The zero-order chi connectivity index (χ0) is 15.7. The lowest BCUT2D eigenvalue weighted by Gasteiger charge is -2.07. The molecule has 2 heterocycles. The van der Waals surface area contributed by atoms with E-state index < -0.39 is 11.4 Å². The summed E-state index contributed by atoms with van der Waals surface area (Å²) in [7, 11) is 0. The highest BCUT2D eigenvalue weighted by atomic mass is 16.5. The first kappa shape index (κ1) is 13.9. The van der Waals surface area contributed by atoms with Crippen molar-refractivity contribution in [1.82, 2.24) is 0 Å². The molecule has 22 heavy (non-hydrogen) atoms. The second kappa shape index (κ2) is 5.40. The first-order valence-electron chi connectivity index (χ1n) is 6.52. The predicted molar refractivity (Wildman–Crippen MR) is 76.7 cm³/mol. The van der Waals surface area contributed by atoms with Crippen LogP contribution < -0.4 is 5.43 Å². The summed E-state index contributed by atoms with van der Waals surface area (Å²) in [5, 5.41) is 9.62. The molecule has 0 bridgehead atoms. The lowest BCUT2D eigenvalue weighted by atomic mass is 10.1. The minimum absolute atomic E-state index is 0.0248. The minimum Gasteiger partial charge on any atom is -0.508 e. The molecule has 2 aromatic heterocycles. The maximum absolute atomic E-state index is 12.4. The molecule has 0 radical (unpaired) electrons. The maximum Gasteiger partial charge on any atom is 0.346 e. The number of carbonyl (C=O) groups is 1. The summed E-state index contributed by atoms with van der Waals surface area (Å²) < 4.78 is 15.6. The molecule has 0 amide bonds. The van der Waals surface area contributed by atoms with E-state index in [0.717, 1.165) is 0 Å². The lowest BCUT2D eigenvalue weighted by Crippen LogP contribution is -2.19. The third kappa shape index (κ3) is 2.46. The van der Waals surface area contributed by atoms with Crippen molar-refractivity contribution in [2.24, 2.45) is 0 Å². The van der Waals surface area contributed by atoms with Crippen LogP contribution in [-0.2, 0) is 11.3 Å². The molecule has 3 rings (SSSR count). The maximum atomic E-state index is 12.4. The van der Waals surface area contributed by atoms with Crippen molar-refractivity contribution in [1.29, 1.82) is 0 Å². The highest BCUT2D eigenvalue weighted by Crippen LogP contribution is 2.20. The van der Waals surface area contributed by atoms with Crippen molar-refractivity contribution >= 4 is 16.9 Å². The number of esters is 1. The quantitative estimate of drug-likeness (QED) is 0.748. The number of fused-ring (bicyclic) bond motifs is 1. The van der Waals surface area contributed by atoms with E-state index in [2.05, 4.69) is 0 Å². The van der Waals surface area contributed by atoms with Gasteiger partial charge in [0.15, 0.2) is 0 Å². The molecule has 0 unspecified atom stereocenters. The Balaban J connectivity index is 1.97. The summed E-state index contributed by atoms with van der Waals surface area (Å²) in [5.74, 6) is -0.200. The van der Waals surface area contributed by atoms with Crippen molar-refractivity contribution < 1.29 is 23.5 Å². The molecular formula is C16H12O6. The van der Waals surface area contributed by atoms with Crippen LogP contribution in [0.5, 0.6) is 5.75 Å². The van der Waals surface area contributed by atoms with Crippen LogP contribution in [0.3, 0.4) is 0 Å². The van der Waals surface area contributed by atoms with E-state index in [1.807, 2.05) is 0 Å². The van der Waals surface area contributed by atoms with Crippen LogP contribution in [0.4, 0.5) is 0 Å². The van der Waals surface area contributed by atoms with E-state index in [-0.39, 0.29) is 34.6 Å². The minimum atomic E-state index is -0.780. The molecule has 6 nitrogen and oxygen atoms in total. The molecule has 3 aromatic rings. The fourth-order valence-electron chi connectivity index (χ4n) is 2.13. The number of phenolic OH excluding ortho intramolecular Hbond substituents is 1. The van der Waals surface area contributed by atoms with Gasteiger partial charge in [0.1, 0.15) is 35.0 Å². The van der Waals surface area contributed by atoms with Crippen LogP contribution in [0.2, 0.25) is 0 Å². The number of hydrogen-bond acceptors (Lipinski definition) is 6. The van der Waals surface area contributed by atoms with Crippen molar-refractivity contribution in [2.45, 2.75) is 13.5 Å². The van der Waals surface area contributed by atoms with Gasteiger partial charge in [-0.1, -0.05) is 0 Å². The summed E-state index contributed by atoms with van der Waals surface area (Å²) >= 11 is 0. The molecule has 0 aliphatic rings. The highest BCUT2D eigenvalue weighted by molar-refractivity contribution is 5.94. The Labute approximate surface area is 124 Å². The number of benzene rings is 1. The molecule has 112 valence electrons. The van der Waals surface area contributed by atoms with Gasteiger partial charge in [0.05, 0.1) is 11.6 Å². The van der Waals surface area contributed by atoms with Gasteiger partial charge in [-0.25, -0.2) is 4.79 Å². The number of aryl methyl sites for hydroxylation is 1. The molecule has 0 spiro atoms. The largest absolute Gasteiger partial charge is 0.508 e. The smallest absolute Gasteiger partial charge is 0.346 e. The normalized spacial score (nSPS) is 10.8. The Morgan fingerprint density at radius 1 is 1.32 bits per heavy atom. The number of furan rings is 1. The van der Waals surface area contributed by atoms with Crippen LogP contribution in [0.1, 0.15) is 21.9 Å². The van der Waals surface area contributed by atoms with E-state index in [1.165, 1.54) is 31.4 Å². The summed E-state index contributed by atoms with van der Waals surface area (Å²) in [4.78, 5) is 24.5. The van der Waals surface area contributed by atoms with Gasteiger partial charge >= 0.3 is 5.97 Å². The summed E-state index contributed by atoms with van der Waals surface area (Å²) in [5.41, 5.74) is -0.446. The molecule has 6 heteroatoms. The first-order chi connectivity index (χ1) is 10.6. The lowest BCUT2D eigenvalue weighted by molar-refractivity contribution is 0.0440. The monoisotopic (exact) mass is 300 g/mol. The Morgan fingerprint density at radius 2 is 2.14 bits per heavy atom. The number of aromatic hydroxyl groups is 1. The van der Waals surface area contributed by atoms with Crippen LogP contribution in [-0.4, -0.2) is 11.1 Å². The molecule has 0 saturated heterocycles. The number of hydrogen-bond donors (Lipinski definition) is 1. The second-order valence-corrected chi connectivity index (χ2v) is 4.70. The topological polar surface area (TPSA) is 89.9 Å². The Hall–Kier alpha value is -3.02. The molecule has 1 N–H and O–H groups in total. The van der Waals surface area contributed by atoms with Crippen molar-refractivity contribution in [3.05, 3.63) is 63.9 Å². The van der Waals surface area contributed by atoms with Crippen molar-refractivity contribution in [2.75, 3.05) is 0 Å². The average Bonchev–Trinajstić information content (AvgIpc) is 2.98. The third-order valence-corrected chi connectivity index (χ3v) is 3.18. The van der Waals surface area contributed by atoms with E-state index in [4.69, 9.17) is 13.6 Å². The summed E-state index contributed by atoms with van der Waals surface area (Å²) in [6.45, 7) is 1.42. The van der Waals surface area contributed by atoms with Gasteiger partial charge in [-0.3, -0.25) is 4.79 Å². The van der Waals surface area contributed by atoms with Crippen molar-refractivity contribution in [3.8, 4) is 5.75 Å². The Kier molecular flexibility index (Phi) is 3.42. The predicted octanol–water partition coefficient (Wildman–Crippen LogP) is 2.76. The Morgan fingerprint density at radius 3 is 2.86 bits per heavy atom. The molecule has 0 saturated carbocycles. The molecular weight excluding hydrogens is 288 g/mol. The van der Waals surface area contributed by atoms with E-state index in [1.54, 1.807) is 12.1 Å². The molecule has 0 aliphatic carbocycles. The van der Waals surface area contributed by atoms with Crippen LogP contribution in [0, 0.1) is 6.92 Å². The highest BCUT2D eigenvalue weighted by Gasteiger charge is 2.20. The van der Waals surface area contributed by atoms with E-state index >= 15 is 0 Å². The summed E-state index contributed by atoms with van der Waals surface area (Å²) in [6.07, 6.45) is 1.46. The zero-order valence-electron chi connectivity index (χ0n) is 11.7. The molecule has 1 aromatic carbocycles. The zero-order valence-corrected chi connectivity index (χ0v) is 11.7. The van der Waals surface area contributed by atoms with Gasteiger partial charge in [0.25, 0.3) is 0 Å². The molecule has 0 fully saturated rings. The van der Waals surface area contributed by atoms with Crippen LogP contribution in [0.25, 0.3) is 11.0 Å². The van der Waals surface area contributed by atoms with Gasteiger partial charge in [0.2, 0.25) is 5.43 Å². The van der Waals surface area contributed by atoms with E-state index in [0.29, 0.717) is 5.76 Å². The number of phenols is 1. The van der Waals surface area contributed by atoms with Gasteiger partial charge < -0.3 is 18.7 Å². The number of carbonyl (C=O) groups excluding carboxylic acids is 1. The standard InChI is InChI=1S/C16H12O6/c1-9-14(16(19)21-8-11-3-2-6-20-11)15(18)12-5-4-10(17)7-13(12)22-9/h2-7,17H,8H2,1H3. The summed E-state index contributed by atoms with van der Waals surface area (Å²) in [6, 6.07) is 7.41. The second-order valence-electron chi connectivity index (χ2n) is 4.70. The SMILES string of the molecule is Cc1oc2cc(O)ccc2c(=O)c1C(=O)OCc1ccco1. The Bertz CT molecular complexity index is 889. The van der Waals surface area contributed by atoms with Gasteiger partial charge in [-0.15, -0.1) is 0 Å².